The highest BCUT2D eigenvalue weighted by atomic mass is 16.5. The van der Waals surface area contributed by atoms with Crippen molar-refractivity contribution in [2.45, 2.75) is 19.8 Å². The summed E-state index contributed by atoms with van der Waals surface area (Å²) >= 11 is 0. The van der Waals surface area contributed by atoms with Gasteiger partial charge in [0.05, 0.1) is 7.11 Å². The van der Waals surface area contributed by atoms with Gasteiger partial charge in [0, 0.05) is 19.8 Å². The fraction of sp³-hybridized carbons (Fsp3) is 0.875. The Hall–Kier alpha value is -0.770. The summed E-state index contributed by atoms with van der Waals surface area (Å²) in [4.78, 5) is 10.5. The van der Waals surface area contributed by atoms with Crippen molar-refractivity contribution in [3.8, 4) is 0 Å². The summed E-state index contributed by atoms with van der Waals surface area (Å²) in [5.41, 5.74) is 0. The molecule has 0 aromatic carbocycles. The van der Waals surface area contributed by atoms with Gasteiger partial charge in [-0.05, 0) is 12.8 Å². The Morgan fingerprint density at radius 1 is 1.42 bits per heavy atom. The van der Waals surface area contributed by atoms with Crippen molar-refractivity contribution < 1.29 is 14.3 Å². The second-order valence-corrected chi connectivity index (χ2v) is 2.38. The molecule has 0 spiro atoms. The fourth-order valence-corrected chi connectivity index (χ4v) is 0.683. The van der Waals surface area contributed by atoms with Crippen molar-refractivity contribution in [2.75, 3.05) is 26.9 Å². The lowest BCUT2D eigenvalue weighted by Gasteiger charge is -2.03. The SMILES string of the molecule is CCCOCCCNC(=O)OC. The largest absolute Gasteiger partial charge is 0.453 e. The van der Waals surface area contributed by atoms with Crippen molar-refractivity contribution in [1.29, 1.82) is 0 Å². The van der Waals surface area contributed by atoms with E-state index in [4.69, 9.17) is 4.74 Å². The van der Waals surface area contributed by atoms with E-state index in [1.807, 2.05) is 0 Å². The number of hydrogen-bond donors (Lipinski definition) is 1. The molecule has 0 heterocycles. The van der Waals surface area contributed by atoms with Crippen LogP contribution in [-0.4, -0.2) is 33.0 Å². The van der Waals surface area contributed by atoms with Crippen LogP contribution in [0.5, 0.6) is 0 Å². The Morgan fingerprint density at radius 3 is 2.75 bits per heavy atom. The zero-order valence-electron chi connectivity index (χ0n) is 7.76. The average molecular weight is 175 g/mol. The molecular formula is C8H17NO3. The number of carbonyl (C=O) groups excluding carboxylic acids is 1. The van der Waals surface area contributed by atoms with Crippen molar-refractivity contribution in [3.05, 3.63) is 0 Å². The molecule has 0 aliphatic rings. The van der Waals surface area contributed by atoms with Crippen LogP contribution in [-0.2, 0) is 9.47 Å². The number of nitrogens with one attached hydrogen (secondary N) is 1. The highest BCUT2D eigenvalue weighted by molar-refractivity contribution is 5.66. The monoisotopic (exact) mass is 175 g/mol. The highest BCUT2D eigenvalue weighted by Gasteiger charge is 1.95. The first-order valence-electron chi connectivity index (χ1n) is 4.20. The van der Waals surface area contributed by atoms with Crippen molar-refractivity contribution in [2.24, 2.45) is 0 Å². The first-order valence-corrected chi connectivity index (χ1v) is 4.20. The van der Waals surface area contributed by atoms with E-state index in [2.05, 4.69) is 17.0 Å². The van der Waals surface area contributed by atoms with Gasteiger partial charge in [-0.25, -0.2) is 4.79 Å². The molecular weight excluding hydrogens is 158 g/mol. The molecule has 0 aliphatic carbocycles. The highest BCUT2D eigenvalue weighted by Crippen LogP contribution is 1.84. The third-order valence-corrected chi connectivity index (χ3v) is 1.27. The molecule has 4 heteroatoms. The zero-order chi connectivity index (χ0) is 9.23. The fourth-order valence-electron chi connectivity index (χ4n) is 0.683. The molecule has 72 valence electrons. The minimum absolute atomic E-state index is 0.384. The summed E-state index contributed by atoms with van der Waals surface area (Å²) in [7, 11) is 1.35. The minimum Gasteiger partial charge on any atom is -0.453 e. The number of alkyl carbamates (subject to hydrolysis) is 1. The maximum Gasteiger partial charge on any atom is 0.406 e. The van der Waals surface area contributed by atoms with E-state index in [1.165, 1.54) is 7.11 Å². The summed E-state index contributed by atoms with van der Waals surface area (Å²) in [6, 6.07) is 0. The quantitative estimate of drug-likeness (QED) is 0.616. The van der Waals surface area contributed by atoms with Crippen LogP contribution in [0.25, 0.3) is 0 Å². The van der Waals surface area contributed by atoms with Gasteiger partial charge in [0.15, 0.2) is 0 Å². The van der Waals surface area contributed by atoms with Crippen molar-refractivity contribution in [3.63, 3.8) is 0 Å². The van der Waals surface area contributed by atoms with Crippen LogP contribution in [0.15, 0.2) is 0 Å². The van der Waals surface area contributed by atoms with Crippen LogP contribution >= 0.6 is 0 Å². The van der Waals surface area contributed by atoms with E-state index < -0.39 is 0 Å². The number of ether oxygens (including phenoxy) is 2. The number of carbonyl (C=O) groups is 1. The molecule has 1 amide bonds. The lowest BCUT2D eigenvalue weighted by Crippen LogP contribution is -2.24. The Labute approximate surface area is 73.2 Å². The normalized spacial score (nSPS) is 9.50. The Bertz CT molecular complexity index is 117. The van der Waals surface area contributed by atoms with Crippen LogP contribution in [0.4, 0.5) is 4.79 Å². The molecule has 12 heavy (non-hydrogen) atoms. The maximum atomic E-state index is 10.5. The maximum absolute atomic E-state index is 10.5. The third kappa shape index (κ3) is 7.34. The Morgan fingerprint density at radius 2 is 2.17 bits per heavy atom. The molecule has 0 saturated carbocycles. The molecule has 0 fully saturated rings. The number of methoxy groups -OCH3 is 1. The van der Waals surface area contributed by atoms with E-state index in [9.17, 15) is 4.79 Å². The summed E-state index contributed by atoms with van der Waals surface area (Å²) in [5.74, 6) is 0. The van der Waals surface area contributed by atoms with Gasteiger partial charge >= 0.3 is 6.09 Å². The molecule has 0 aliphatic heterocycles. The molecule has 0 rings (SSSR count). The van der Waals surface area contributed by atoms with Crippen LogP contribution in [0.3, 0.4) is 0 Å². The zero-order valence-corrected chi connectivity index (χ0v) is 7.76. The van der Waals surface area contributed by atoms with Gasteiger partial charge in [-0.2, -0.15) is 0 Å². The van der Waals surface area contributed by atoms with Gasteiger partial charge in [0.1, 0.15) is 0 Å². The summed E-state index contributed by atoms with van der Waals surface area (Å²) in [6.07, 6.45) is 1.48. The van der Waals surface area contributed by atoms with E-state index in [0.29, 0.717) is 13.2 Å². The second-order valence-electron chi connectivity index (χ2n) is 2.38. The van der Waals surface area contributed by atoms with Gasteiger partial charge in [-0.15, -0.1) is 0 Å². The van der Waals surface area contributed by atoms with Crippen molar-refractivity contribution in [1.82, 2.24) is 5.32 Å². The second kappa shape index (κ2) is 8.33. The lowest BCUT2D eigenvalue weighted by molar-refractivity contribution is 0.130. The number of amides is 1. The molecule has 0 radical (unpaired) electrons. The smallest absolute Gasteiger partial charge is 0.406 e. The van der Waals surface area contributed by atoms with E-state index in [-0.39, 0.29) is 6.09 Å². The van der Waals surface area contributed by atoms with E-state index in [0.717, 1.165) is 19.4 Å². The molecule has 4 nitrogen and oxygen atoms in total. The standard InChI is InChI=1S/C8H17NO3/c1-3-6-12-7-4-5-9-8(10)11-2/h3-7H2,1-2H3,(H,9,10). The first-order chi connectivity index (χ1) is 5.81. The van der Waals surface area contributed by atoms with Gasteiger partial charge in [-0.1, -0.05) is 6.92 Å². The Kier molecular flexibility index (Phi) is 7.79. The van der Waals surface area contributed by atoms with Crippen LogP contribution < -0.4 is 5.32 Å². The molecule has 0 saturated heterocycles. The molecule has 0 bridgehead atoms. The molecule has 0 aromatic rings. The molecule has 0 atom stereocenters. The third-order valence-electron chi connectivity index (χ3n) is 1.27. The molecule has 0 unspecified atom stereocenters. The van der Waals surface area contributed by atoms with E-state index >= 15 is 0 Å². The number of hydrogen-bond acceptors (Lipinski definition) is 3. The van der Waals surface area contributed by atoms with Gasteiger partial charge in [0.25, 0.3) is 0 Å². The first kappa shape index (κ1) is 11.2. The summed E-state index contributed by atoms with van der Waals surface area (Å²) < 4.78 is 9.59. The average Bonchev–Trinajstić information content (AvgIpc) is 2.10. The predicted octanol–water partition coefficient (Wildman–Crippen LogP) is 1.16. The van der Waals surface area contributed by atoms with Crippen LogP contribution in [0.2, 0.25) is 0 Å². The minimum atomic E-state index is -0.384. The molecule has 1 N–H and O–H groups in total. The van der Waals surface area contributed by atoms with Crippen LogP contribution in [0.1, 0.15) is 19.8 Å². The van der Waals surface area contributed by atoms with Crippen molar-refractivity contribution >= 4 is 6.09 Å². The van der Waals surface area contributed by atoms with Gasteiger partial charge in [-0.3, -0.25) is 0 Å². The summed E-state index contributed by atoms with van der Waals surface area (Å²) in [5, 5.41) is 2.57. The van der Waals surface area contributed by atoms with E-state index in [1.54, 1.807) is 0 Å². The lowest BCUT2D eigenvalue weighted by atomic mass is 10.4. The van der Waals surface area contributed by atoms with Gasteiger partial charge < -0.3 is 14.8 Å². The van der Waals surface area contributed by atoms with Crippen LogP contribution in [0, 0.1) is 0 Å². The predicted molar refractivity (Wildman–Crippen MR) is 46.1 cm³/mol. The topological polar surface area (TPSA) is 47.6 Å². The van der Waals surface area contributed by atoms with Gasteiger partial charge in [0.2, 0.25) is 0 Å². The molecule has 0 aromatic heterocycles. The summed E-state index contributed by atoms with van der Waals surface area (Å²) in [6.45, 7) is 4.15. The Balaban J connectivity index is 2.95. The number of rotatable bonds is 6.